The number of anilines is 1. The topological polar surface area (TPSA) is 72.9 Å². The summed E-state index contributed by atoms with van der Waals surface area (Å²) in [6.07, 6.45) is 1.65. The van der Waals surface area contributed by atoms with Gasteiger partial charge >= 0.3 is 5.97 Å². The third-order valence-electron chi connectivity index (χ3n) is 3.71. The number of hydrogen-bond acceptors (Lipinski definition) is 6. The van der Waals surface area contributed by atoms with Crippen LogP contribution in [0, 0.1) is 0 Å². The number of carbonyl (C=O) groups excluding carboxylic acids is 3. The summed E-state index contributed by atoms with van der Waals surface area (Å²) in [5.41, 5.74) is 1.26. The minimum absolute atomic E-state index is 0.193. The minimum Gasteiger partial charge on any atom is -0.481 e. The van der Waals surface area contributed by atoms with Crippen LogP contribution in [0.2, 0.25) is 0 Å². The van der Waals surface area contributed by atoms with Gasteiger partial charge in [0.1, 0.15) is 5.75 Å². The number of amides is 2. The number of rotatable bonds is 6. The lowest BCUT2D eigenvalue weighted by atomic mass is 10.2. The van der Waals surface area contributed by atoms with Crippen LogP contribution < -0.4 is 9.64 Å². The zero-order chi connectivity index (χ0) is 20.1. The fraction of sp³-hybridized carbons (Fsp3) is 0.150. The Morgan fingerprint density at radius 3 is 2.61 bits per heavy atom. The van der Waals surface area contributed by atoms with Gasteiger partial charge in [0.15, 0.2) is 6.61 Å². The number of benzene rings is 2. The van der Waals surface area contributed by atoms with Crippen molar-refractivity contribution in [2.24, 2.45) is 0 Å². The zero-order valence-electron chi connectivity index (χ0n) is 14.9. The Bertz CT molecular complexity index is 945. The second-order valence-corrected chi connectivity index (χ2v) is 7.48. The molecule has 0 N–H and O–H groups in total. The van der Waals surface area contributed by atoms with Crippen molar-refractivity contribution in [3.05, 3.63) is 63.5 Å². The summed E-state index contributed by atoms with van der Waals surface area (Å²) in [6, 6.07) is 14.0. The number of thioether (sulfide) groups is 1. The molecule has 0 saturated carbocycles. The molecule has 144 valence electrons. The summed E-state index contributed by atoms with van der Waals surface area (Å²) >= 11 is 4.28. The summed E-state index contributed by atoms with van der Waals surface area (Å²) in [5, 5.41) is -0.337. The van der Waals surface area contributed by atoms with Gasteiger partial charge in [-0.3, -0.25) is 9.59 Å². The van der Waals surface area contributed by atoms with Crippen molar-refractivity contribution in [1.82, 2.24) is 0 Å². The van der Waals surface area contributed by atoms with E-state index in [0.717, 1.165) is 16.7 Å². The normalized spacial score (nSPS) is 15.2. The van der Waals surface area contributed by atoms with Crippen LogP contribution in [0.15, 0.2) is 57.9 Å². The van der Waals surface area contributed by atoms with Gasteiger partial charge in [0.2, 0.25) is 0 Å². The lowest BCUT2D eigenvalue weighted by molar-refractivity contribution is -0.145. The molecule has 1 fully saturated rings. The standard InChI is InChI=1S/C20H16BrNO5S/c1-2-26-18(23)12-27-16-9-8-13(10-15(16)21)11-17-19(24)22(20(25)28-17)14-6-4-3-5-7-14/h3-11H,2,12H2,1H3. The van der Waals surface area contributed by atoms with E-state index in [0.29, 0.717) is 33.0 Å². The molecule has 1 aliphatic rings. The second-order valence-electron chi connectivity index (χ2n) is 5.64. The van der Waals surface area contributed by atoms with Crippen LogP contribution in [0.3, 0.4) is 0 Å². The summed E-state index contributed by atoms with van der Waals surface area (Å²) in [4.78, 5) is 37.8. The maximum Gasteiger partial charge on any atom is 0.344 e. The highest BCUT2D eigenvalue weighted by molar-refractivity contribution is 9.10. The SMILES string of the molecule is CCOC(=O)COc1ccc(C=C2SC(=O)N(c3ccccc3)C2=O)cc1Br. The molecular formula is C20H16BrNO5S. The van der Waals surface area contributed by atoms with E-state index in [-0.39, 0.29) is 17.8 Å². The average Bonchev–Trinajstić information content (AvgIpc) is 2.95. The van der Waals surface area contributed by atoms with E-state index in [9.17, 15) is 14.4 Å². The van der Waals surface area contributed by atoms with Crippen molar-refractivity contribution < 1.29 is 23.9 Å². The minimum atomic E-state index is -0.451. The van der Waals surface area contributed by atoms with Crippen LogP contribution in [-0.2, 0) is 14.3 Å². The van der Waals surface area contributed by atoms with Gasteiger partial charge in [-0.1, -0.05) is 24.3 Å². The van der Waals surface area contributed by atoms with Crippen LogP contribution >= 0.6 is 27.7 Å². The second kappa shape index (κ2) is 9.07. The Hall–Kier alpha value is -2.58. The van der Waals surface area contributed by atoms with Gasteiger partial charge in [-0.2, -0.15) is 0 Å². The van der Waals surface area contributed by atoms with E-state index in [4.69, 9.17) is 9.47 Å². The number of halogens is 1. The number of nitrogens with zero attached hydrogens (tertiary/aromatic N) is 1. The van der Waals surface area contributed by atoms with Crippen molar-refractivity contribution in [2.75, 3.05) is 18.1 Å². The lowest BCUT2D eigenvalue weighted by Gasteiger charge is -2.11. The third kappa shape index (κ3) is 4.63. The largest absolute Gasteiger partial charge is 0.481 e. The van der Waals surface area contributed by atoms with E-state index in [2.05, 4.69) is 15.9 Å². The lowest BCUT2D eigenvalue weighted by Crippen LogP contribution is -2.27. The van der Waals surface area contributed by atoms with E-state index in [1.165, 1.54) is 0 Å². The summed E-state index contributed by atoms with van der Waals surface area (Å²) < 4.78 is 10.8. The van der Waals surface area contributed by atoms with Gasteiger partial charge < -0.3 is 9.47 Å². The molecule has 28 heavy (non-hydrogen) atoms. The molecule has 1 saturated heterocycles. The Morgan fingerprint density at radius 1 is 1.18 bits per heavy atom. The summed E-state index contributed by atoms with van der Waals surface area (Å²) in [6.45, 7) is 1.82. The first-order valence-electron chi connectivity index (χ1n) is 8.40. The molecule has 2 aromatic carbocycles. The van der Waals surface area contributed by atoms with E-state index in [1.807, 2.05) is 6.07 Å². The number of esters is 1. The van der Waals surface area contributed by atoms with Gasteiger partial charge in [-0.25, -0.2) is 9.69 Å². The molecule has 2 aromatic rings. The molecule has 3 rings (SSSR count). The third-order valence-corrected chi connectivity index (χ3v) is 5.20. The van der Waals surface area contributed by atoms with Gasteiger partial charge in [-0.15, -0.1) is 0 Å². The molecule has 0 atom stereocenters. The van der Waals surface area contributed by atoms with Crippen LogP contribution in [0.1, 0.15) is 12.5 Å². The van der Waals surface area contributed by atoms with E-state index in [1.54, 1.807) is 55.5 Å². The molecule has 0 aliphatic carbocycles. The molecule has 0 spiro atoms. The van der Waals surface area contributed by atoms with Crippen molar-refractivity contribution in [2.45, 2.75) is 6.92 Å². The summed E-state index contributed by atoms with van der Waals surface area (Å²) in [5.74, 6) is -0.337. The zero-order valence-corrected chi connectivity index (χ0v) is 17.3. The molecule has 0 aromatic heterocycles. The highest BCUT2D eigenvalue weighted by Gasteiger charge is 2.36. The summed E-state index contributed by atoms with van der Waals surface area (Å²) in [7, 11) is 0. The highest BCUT2D eigenvalue weighted by atomic mass is 79.9. The Morgan fingerprint density at radius 2 is 1.93 bits per heavy atom. The molecule has 1 aliphatic heterocycles. The molecule has 8 heteroatoms. The van der Waals surface area contributed by atoms with Crippen molar-refractivity contribution in [1.29, 1.82) is 0 Å². The van der Waals surface area contributed by atoms with Crippen molar-refractivity contribution >= 4 is 56.6 Å². The molecule has 2 amide bonds. The molecule has 6 nitrogen and oxygen atoms in total. The quantitative estimate of drug-likeness (QED) is 0.461. The number of imide groups is 1. The number of ether oxygens (including phenoxy) is 2. The number of para-hydroxylation sites is 1. The van der Waals surface area contributed by atoms with Crippen molar-refractivity contribution in [3.8, 4) is 5.75 Å². The Kier molecular flexibility index (Phi) is 6.53. The smallest absolute Gasteiger partial charge is 0.344 e. The maximum atomic E-state index is 12.6. The highest BCUT2D eigenvalue weighted by Crippen LogP contribution is 2.36. The molecule has 0 unspecified atom stereocenters. The first kappa shape index (κ1) is 20.2. The van der Waals surface area contributed by atoms with Gasteiger partial charge in [-0.05, 0) is 70.5 Å². The fourth-order valence-electron chi connectivity index (χ4n) is 2.48. The Balaban J connectivity index is 1.75. The van der Waals surface area contributed by atoms with E-state index < -0.39 is 5.97 Å². The van der Waals surface area contributed by atoms with Crippen LogP contribution in [0.5, 0.6) is 5.75 Å². The monoisotopic (exact) mass is 461 g/mol. The molecule has 1 heterocycles. The molecule has 0 bridgehead atoms. The van der Waals surface area contributed by atoms with Crippen LogP contribution in [-0.4, -0.2) is 30.3 Å². The van der Waals surface area contributed by atoms with Crippen molar-refractivity contribution in [3.63, 3.8) is 0 Å². The number of hydrogen-bond donors (Lipinski definition) is 0. The van der Waals surface area contributed by atoms with Crippen LogP contribution in [0.4, 0.5) is 10.5 Å². The Labute approximate surface area is 174 Å². The first-order valence-corrected chi connectivity index (χ1v) is 10.0. The molecular weight excluding hydrogens is 446 g/mol. The first-order chi connectivity index (χ1) is 13.5. The maximum absolute atomic E-state index is 12.6. The fourth-order valence-corrected chi connectivity index (χ4v) is 3.83. The van der Waals surface area contributed by atoms with Gasteiger partial charge in [0.25, 0.3) is 11.1 Å². The van der Waals surface area contributed by atoms with Gasteiger partial charge in [0.05, 0.1) is 21.7 Å². The molecule has 0 radical (unpaired) electrons. The predicted octanol–water partition coefficient (Wildman–Crippen LogP) is 4.63. The van der Waals surface area contributed by atoms with E-state index >= 15 is 0 Å². The van der Waals surface area contributed by atoms with Gasteiger partial charge in [0, 0.05) is 0 Å². The average molecular weight is 462 g/mol. The predicted molar refractivity (Wildman–Crippen MR) is 111 cm³/mol. The number of carbonyl (C=O) groups is 3. The van der Waals surface area contributed by atoms with Crippen LogP contribution in [0.25, 0.3) is 6.08 Å².